The molecule has 2 nitrogen and oxygen atoms in total. The second-order valence-corrected chi connectivity index (χ2v) is 6.21. The lowest BCUT2D eigenvalue weighted by Crippen LogP contribution is -2.18. The van der Waals surface area contributed by atoms with Crippen LogP contribution in [-0.4, -0.2) is 30.2 Å². The van der Waals surface area contributed by atoms with Gasteiger partial charge in [-0.1, -0.05) is 39.3 Å². The first-order chi connectivity index (χ1) is 9.13. The third-order valence-electron chi connectivity index (χ3n) is 2.94. The van der Waals surface area contributed by atoms with Gasteiger partial charge < -0.3 is 9.84 Å². The fraction of sp³-hybridized carbons (Fsp3) is 0.625. The van der Waals surface area contributed by atoms with Crippen LogP contribution in [0.5, 0.6) is 0 Å². The highest BCUT2D eigenvalue weighted by atomic mass is 32.2. The second kappa shape index (κ2) is 9.40. The maximum atomic E-state index is 9.81. The SMILES string of the molecule is CCCCOCC(O)CSc1ccc(C(C)C)cc1. The molecule has 0 aliphatic carbocycles. The van der Waals surface area contributed by atoms with Crippen molar-refractivity contribution < 1.29 is 9.84 Å². The Balaban J connectivity index is 2.24. The largest absolute Gasteiger partial charge is 0.390 e. The minimum absolute atomic E-state index is 0.383. The fourth-order valence-electron chi connectivity index (χ4n) is 1.66. The average Bonchev–Trinajstić information content (AvgIpc) is 2.42. The lowest BCUT2D eigenvalue weighted by atomic mass is 10.0. The van der Waals surface area contributed by atoms with Gasteiger partial charge in [0.2, 0.25) is 0 Å². The molecule has 0 saturated carbocycles. The summed E-state index contributed by atoms with van der Waals surface area (Å²) < 4.78 is 5.41. The quantitative estimate of drug-likeness (QED) is 0.546. The molecule has 0 bridgehead atoms. The van der Waals surface area contributed by atoms with E-state index in [1.165, 1.54) is 10.5 Å². The molecule has 0 spiro atoms. The van der Waals surface area contributed by atoms with Crippen molar-refractivity contribution >= 4 is 11.8 Å². The van der Waals surface area contributed by atoms with Gasteiger partial charge in [0.05, 0.1) is 12.7 Å². The molecule has 1 aromatic rings. The molecule has 0 amide bonds. The van der Waals surface area contributed by atoms with Crippen molar-refractivity contribution in [2.45, 2.75) is 50.5 Å². The van der Waals surface area contributed by atoms with E-state index < -0.39 is 0 Å². The Bertz CT molecular complexity index is 335. The molecule has 1 N–H and O–H groups in total. The van der Waals surface area contributed by atoms with Crippen molar-refractivity contribution in [3.8, 4) is 0 Å². The molecule has 108 valence electrons. The zero-order valence-corrected chi connectivity index (χ0v) is 13.1. The second-order valence-electron chi connectivity index (χ2n) is 5.12. The third-order valence-corrected chi connectivity index (χ3v) is 4.10. The van der Waals surface area contributed by atoms with Crippen LogP contribution in [0.15, 0.2) is 29.2 Å². The van der Waals surface area contributed by atoms with Gasteiger partial charge in [0.15, 0.2) is 0 Å². The van der Waals surface area contributed by atoms with Crippen LogP contribution in [0.2, 0.25) is 0 Å². The van der Waals surface area contributed by atoms with Gasteiger partial charge in [0, 0.05) is 17.3 Å². The molecule has 3 heteroatoms. The Morgan fingerprint density at radius 3 is 2.47 bits per heavy atom. The highest BCUT2D eigenvalue weighted by molar-refractivity contribution is 7.99. The van der Waals surface area contributed by atoms with Gasteiger partial charge in [-0.2, -0.15) is 0 Å². The molecule has 1 unspecified atom stereocenters. The molecule has 1 rings (SSSR count). The number of thioether (sulfide) groups is 1. The van der Waals surface area contributed by atoms with Crippen molar-refractivity contribution in [2.24, 2.45) is 0 Å². The summed E-state index contributed by atoms with van der Waals surface area (Å²) in [5.41, 5.74) is 1.35. The van der Waals surface area contributed by atoms with Crippen LogP contribution in [0.25, 0.3) is 0 Å². The van der Waals surface area contributed by atoms with E-state index in [0.29, 0.717) is 18.3 Å². The Morgan fingerprint density at radius 1 is 1.21 bits per heavy atom. The molecule has 0 aliphatic heterocycles. The topological polar surface area (TPSA) is 29.5 Å². The molecule has 0 aromatic heterocycles. The van der Waals surface area contributed by atoms with Crippen LogP contribution in [0.3, 0.4) is 0 Å². The number of aliphatic hydroxyl groups excluding tert-OH is 1. The van der Waals surface area contributed by atoms with E-state index in [1.54, 1.807) is 11.8 Å². The summed E-state index contributed by atoms with van der Waals surface area (Å²) in [6.45, 7) is 7.72. The van der Waals surface area contributed by atoms with Gasteiger partial charge in [-0.3, -0.25) is 0 Å². The van der Waals surface area contributed by atoms with Gasteiger partial charge in [-0.15, -0.1) is 11.8 Å². The predicted octanol–water partition coefficient (Wildman–Crippen LogP) is 4.08. The van der Waals surface area contributed by atoms with Crippen molar-refractivity contribution in [1.29, 1.82) is 0 Å². The molecule has 0 fully saturated rings. The van der Waals surface area contributed by atoms with Crippen LogP contribution >= 0.6 is 11.8 Å². The van der Waals surface area contributed by atoms with Gasteiger partial charge >= 0.3 is 0 Å². The van der Waals surface area contributed by atoms with Gasteiger partial charge in [0.1, 0.15) is 0 Å². The van der Waals surface area contributed by atoms with Crippen LogP contribution in [0.4, 0.5) is 0 Å². The monoisotopic (exact) mass is 282 g/mol. The van der Waals surface area contributed by atoms with Crippen molar-refractivity contribution in [2.75, 3.05) is 19.0 Å². The molecule has 0 heterocycles. The number of benzene rings is 1. The summed E-state index contributed by atoms with van der Waals surface area (Å²) in [7, 11) is 0. The molecule has 0 aliphatic rings. The number of ether oxygens (including phenoxy) is 1. The fourth-order valence-corrected chi connectivity index (χ4v) is 2.46. The molecule has 1 aromatic carbocycles. The van der Waals surface area contributed by atoms with Crippen LogP contribution in [0, 0.1) is 0 Å². The summed E-state index contributed by atoms with van der Waals surface area (Å²) in [5.74, 6) is 1.25. The first-order valence-corrected chi connectivity index (χ1v) is 8.10. The third kappa shape index (κ3) is 7.00. The minimum Gasteiger partial charge on any atom is -0.390 e. The molecule has 0 radical (unpaired) electrons. The van der Waals surface area contributed by atoms with Gasteiger partial charge in [-0.25, -0.2) is 0 Å². The normalized spacial score (nSPS) is 12.9. The van der Waals surface area contributed by atoms with Gasteiger partial charge in [-0.05, 0) is 30.0 Å². The Morgan fingerprint density at radius 2 is 1.89 bits per heavy atom. The number of hydrogen-bond donors (Lipinski definition) is 1. The number of hydrogen-bond acceptors (Lipinski definition) is 3. The zero-order valence-electron chi connectivity index (χ0n) is 12.3. The van der Waals surface area contributed by atoms with Crippen molar-refractivity contribution in [3.05, 3.63) is 29.8 Å². The maximum Gasteiger partial charge on any atom is 0.0867 e. The standard InChI is InChI=1S/C16H26O2S/c1-4-5-10-18-11-15(17)12-19-16-8-6-14(7-9-16)13(2)3/h6-9,13,15,17H,4-5,10-12H2,1-3H3. The molecule has 1 atom stereocenters. The van der Waals surface area contributed by atoms with E-state index in [9.17, 15) is 5.11 Å². The Hall–Kier alpha value is -0.510. The van der Waals surface area contributed by atoms with E-state index in [4.69, 9.17) is 4.74 Å². The average molecular weight is 282 g/mol. The number of unbranched alkanes of at least 4 members (excludes halogenated alkanes) is 1. The number of rotatable bonds is 9. The van der Waals surface area contributed by atoms with Crippen molar-refractivity contribution in [1.82, 2.24) is 0 Å². The highest BCUT2D eigenvalue weighted by Crippen LogP contribution is 2.22. The number of aliphatic hydroxyl groups is 1. The van der Waals surface area contributed by atoms with Crippen molar-refractivity contribution in [3.63, 3.8) is 0 Å². The van der Waals surface area contributed by atoms with E-state index in [0.717, 1.165) is 19.4 Å². The molecule has 19 heavy (non-hydrogen) atoms. The lowest BCUT2D eigenvalue weighted by molar-refractivity contribution is 0.0473. The Labute approximate surface area is 121 Å². The maximum absolute atomic E-state index is 9.81. The molecular formula is C16H26O2S. The van der Waals surface area contributed by atoms with E-state index in [1.807, 2.05) is 0 Å². The summed E-state index contributed by atoms with van der Waals surface area (Å²) in [5, 5.41) is 9.81. The summed E-state index contributed by atoms with van der Waals surface area (Å²) >= 11 is 1.68. The van der Waals surface area contributed by atoms with E-state index in [2.05, 4.69) is 45.0 Å². The zero-order chi connectivity index (χ0) is 14.1. The van der Waals surface area contributed by atoms with Crippen LogP contribution < -0.4 is 0 Å². The van der Waals surface area contributed by atoms with E-state index >= 15 is 0 Å². The lowest BCUT2D eigenvalue weighted by Gasteiger charge is -2.11. The first kappa shape index (κ1) is 16.5. The highest BCUT2D eigenvalue weighted by Gasteiger charge is 2.06. The smallest absolute Gasteiger partial charge is 0.0867 e. The summed E-state index contributed by atoms with van der Waals surface area (Å²) in [6.07, 6.45) is 1.82. The summed E-state index contributed by atoms with van der Waals surface area (Å²) in [6, 6.07) is 8.59. The van der Waals surface area contributed by atoms with Crippen LogP contribution in [-0.2, 0) is 4.74 Å². The summed E-state index contributed by atoms with van der Waals surface area (Å²) in [4.78, 5) is 1.21. The molecular weight excluding hydrogens is 256 g/mol. The van der Waals surface area contributed by atoms with Gasteiger partial charge in [0.25, 0.3) is 0 Å². The predicted molar refractivity (Wildman–Crippen MR) is 83.0 cm³/mol. The first-order valence-electron chi connectivity index (χ1n) is 7.12. The Kier molecular flexibility index (Phi) is 8.19. The minimum atomic E-state index is -0.383. The van der Waals surface area contributed by atoms with E-state index in [-0.39, 0.29) is 6.10 Å². The van der Waals surface area contributed by atoms with Crippen LogP contribution in [0.1, 0.15) is 45.1 Å². The molecule has 0 saturated heterocycles.